The van der Waals surface area contributed by atoms with Crippen molar-refractivity contribution in [3.8, 4) is 22.6 Å². The summed E-state index contributed by atoms with van der Waals surface area (Å²) in [6, 6.07) is 5.15. The molecule has 0 radical (unpaired) electrons. The van der Waals surface area contributed by atoms with Gasteiger partial charge in [-0.1, -0.05) is 29.9 Å². The van der Waals surface area contributed by atoms with E-state index >= 15 is 0 Å². The van der Waals surface area contributed by atoms with Crippen LogP contribution in [0.2, 0.25) is 5.02 Å². The van der Waals surface area contributed by atoms with Gasteiger partial charge in [-0.15, -0.1) is 0 Å². The number of methoxy groups -OCH3 is 2. The number of benzene rings is 3. The fraction of sp³-hybridized carbons (Fsp3) is 0.375. The second-order valence-electron chi connectivity index (χ2n) is 10.5. The molecule has 2 atom stereocenters. The minimum Gasteiger partial charge on any atom is -0.496 e. The highest BCUT2D eigenvalue weighted by atomic mass is 35.5. The number of carbonyl (C=O) groups is 1. The molecule has 3 aromatic rings. The molecule has 48 heavy (non-hydrogen) atoms. The third-order valence-electron chi connectivity index (χ3n) is 7.34. The smallest absolute Gasteiger partial charge is 0.416 e. The molecule has 0 aliphatic heterocycles. The molecule has 3 rings (SSSR count). The van der Waals surface area contributed by atoms with E-state index in [-0.39, 0.29) is 52.3 Å². The minimum absolute atomic E-state index is 0.0532. The Hall–Kier alpha value is -3.56. The van der Waals surface area contributed by atoms with Gasteiger partial charge >= 0.3 is 18.5 Å². The zero-order chi connectivity index (χ0) is 36.0. The highest BCUT2D eigenvalue weighted by Gasteiger charge is 2.39. The fourth-order valence-electron chi connectivity index (χ4n) is 4.94. The monoisotopic (exact) mass is 729 g/mol. The number of nitrogens with zero attached hydrogens (tertiary/aromatic N) is 1. The van der Waals surface area contributed by atoms with Gasteiger partial charge in [0.2, 0.25) is 6.41 Å². The van der Waals surface area contributed by atoms with Crippen LogP contribution in [0.1, 0.15) is 53.7 Å². The van der Waals surface area contributed by atoms with Crippen LogP contribution < -0.4 is 9.47 Å². The highest BCUT2D eigenvalue weighted by molar-refractivity contribution is 7.78. The normalized spacial score (nSPS) is 13.5. The molecule has 0 aliphatic rings. The Kier molecular flexibility index (Phi) is 12.8. The Morgan fingerprint density at radius 2 is 1.44 bits per heavy atom. The Balaban J connectivity index is 2.14. The molecule has 0 unspecified atom stereocenters. The second kappa shape index (κ2) is 15.8. The number of thiocarbonyl (C=S) groups is 1. The fourth-order valence-corrected chi connectivity index (χ4v) is 5.32. The number of hydrogen-bond acceptors (Lipinski definition) is 5. The Morgan fingerprint density at radius 1 is 0.833 bits per heavy atom. The number of halogens is 10. The molecule has 16 heteroatoms. The van der Waals surface area contributed by atoms with E-state index in [1.807, 2.05) is 0 Å². The predicted molar refractivity (Wildman–Crippen MR) is 164 cm³/mol. The Morgan fingerprint density at radius 3 is 1.94 bits per heavy atom. The van der Waals surface area contributed by atoms with E-state index < -0.39 is 59.5 Å². The maximum Gasteiger partial charge on any atom is 0.416 e. The van der Waals surface area contributed by atoms with Crippen LogP contribution >= 0.6 is 23.8 Å². The maximum absolute atomic E-state index is 13.9. The topological polar surface area (TPSA) is 48.0 Å². The van der Waals surface area contributed by atoms with E-state index in [0.717, 1.165) is 30.2 Å². The van der Waals surface area contributed by atoms with Gasteiger partial charge in [0.1, 0.15) is 17.6 Å². The van der Waals surface area contributed by atoms with E-state index in [9.17, 15) is 44.3 Å². The summed E-state index contributed by atoms with van der Waals surface area (Å²) < 4.78 is 139. The van der Waals surface area contributed by atoms with Crippen LogP contribution in [0.15, 0.2) is 48.5 Å². The van der Waals surface area contributed by atoms with Crippen molar-refractivity contribution in [2.24, 2.45) is 0 Å². The van der Waals surface area contributed by atoms with Crippen LogP contribution in [0.4, 0.5) is 39.5 Å². The first-order chi connectivity index (χ1) is 22.3. The van der Waals surface area contributed by atoms with Crippen LogP contribution in [0.5, 0.6) is 11.5 Å². The molecule has 0 spiro atoms. The Labute approximate surface area is 280 Å². The molecule has 3 aromatic carbocycles. The van der Waals surface area contributed by atoms with Crippen molar-refractivity contribution < 1.29 is 58.5 Å². The van der Waals surface area contributed by atoms with Gasteiger partial charge in [-0.05, 0) is 78.2 Å². The van der Waals surface area contributed by atoms with Gasteiger partial charge in [-0.3, -0.25) is 4.79 Å². The quantitative estimate of drug-likeness (QED) is 0.0716. The lowest BCUT2D eigenvalue weighted by molar-refractivity contribution is -0.143. The number of carbonyl (C=O) groups excluding carboxylic acids is 1. The standard InChI is InChI=1S/C32H29ClF9NO4S/c1-18(29(46-3)19-10-22(31(37,38)39)13-23(11-19)32(40,41)42)43(17-44)16-20-12-21(30(34,35)36)6-7-24(20)25-14-28(47-8-4-5-9-48)26(33)15-27(25)45-2/h6-7,9-15,17-18,29H,4-5,8,16H2,1-3H3/t18-,29-/m0/s1. The van der Waals surface area contributed by atoms with Crippen molar-refractivity contribution in [2.75, 3.05) is 20.8 Å². The van der Waals surface area contributed by atoms with Gasteiger partial charge in [0.15, 0.2) is 0 Å². The lowest BCUT2D eigenvalue weighted by atomic mass is 9.94. The van der Waals surface area contributed by atoms with Gasteiger partial charge in [0.05, 0.1) is 41.5 Å². The molecule has 262 valence electrons. The summed E-state index contributed by atoms with van der Waals surface area (Å²) in [6.07, 6.45) is -15.4. The third-order valence-corrected chi connectivity index (χ3v) is 7.87. The van der Waals surface area contributed by atoms with Crippen LogP contribution in [-0.4, -0.2) is 43.5 Å². The molecule has 0 heterocycles. The average Bonchev–Trinajstić information content (AvgIpc) is 3.01. The van der Waals surface area contributed by atoms with Crippen LogP contribution in [0.3, 0.4) is 0 Å². The van der Waals surface area contributed by atoms with Crippen LogP contribution in [-0.2, 0) is 34.6 Å². The number of unbranched alkanes of at least 4 members (excludes halogenated alkanes) is 1. The SMILES string of the molecule is COc1cc(Cl)c(OCCCC=S)cc1-c1ccc(C(F)(F)F)cc1CN(C=O)[C@@H](C)[C@H](OC)c1cc(C(F)(F)F)cc(C(F)(F)F)c1. The zero-order valence-corrected chi connectivity index (χ0v) is 27.1. The molecule has 1 amide bonds. The lowest BCUT2D eigenvalue weighted by Gasteiger charge is -2.33. The van der Waals surface area contributed by atoms with Crippen LogP contribution in [0.25, 0.3) is 11.1 Å². The number of alkyl halides is 9. The van der Waals surface area contributed by atoms with E-state index in [2.05, 4.69) is 0 Å². The third kappa shape index (κ3) is 9.53. The highest BCUT2D eigenvalue weighted by Crippen LogP contribution is 2.43. The minimum atomic E-state index is -5.15. The van der Waals surface area contributed by atoms with Crippen molar-refractivity contribution in [2.45, 2.75) is 57.0 Å². The number of rotatable bonds is 14. The van der Waals surface area contributed by atoms with Crippen molar-refractivity contribution >= 4 is 35.6 Å². The van der Waals surface area contributed by atoms with Crippen molar-refractivity contribution in [1.82, 2.24) is 4.90 Å². The summed E-state index contributed by atoms with van der Waals surface area (Å²) in [5.74, 6) is 0.309. The van der Waals surface area contributed by atoms with Crippen molar-refractivity contribution in [3.05, 3.63) is 81.4 Å². The molecular weight excluding hydrogens is 701 g/mol. The summed E-state index contributed by atoms with van der Waals surface area (Å²) in [6.45, 7) is 0.906. The van der Waals surface area contributed by atoms with Gasteiger partial charge in [0, 0.05) is 25.3 Å². The molecule has 0 bridgehead atoms. The molecule has 0 aliphatic carbocycles. The summed E-state index contributed by atoms with van der Waals surface area (Å²) in [4.78, 5) is 13.3. The first-order valence-electron chi connectivity index (χ1n) is 14.0. The molecule has 0 saturated carbocycles. The number of ether oxygens (including phenoxy) is 3. The van der Waals surface area contributed by atoms with Gasteiger partial charge in [-0.2, -0.15) is 39.5 Å². The van der Waals surface area contributed by atoms with E-state index in [4.69, 9.17) is 38.0 Å². The lowest BCUT2D eigenvalue weighted by Crippen LogP contribution is -2.37. The maximum atomic E-state index is 13.9. The van der Waals surface area contributed by atoms with E-state index in [1.165, 1.54) is 31.5 Å². The Bertz CT molecular complexity index is 1560. The second-order valence-corrected chi connectivity index (χ2v) is 11.3. The van der Waals surface area contributed by atoms with Gasteiger partial charge in [0.25, 0.3) is 0 Å². The zero-order valence-electron chi connectivity index (χ0n) is 25.5. The number of hydrogen-bond donors (Lipinski definition) is 0. The average molecular weight is 730 g/mol. The molecule has 0 N–H and O–H groups in total. The summed E-state index contributed by atoms with van der Waals surface area (Å²) in [7, 11) is 2.31. The van der Waals surface area contributed by atoms with Gasteiger partial charge < -0.3 is 19.1 Å². The predicted octanol–water partition coefficient (Wildman–Crippen LogP) is 9.97. The summed E-state index contributed by atoms with van der Waals surface area (Å²) in [5.41, 5.74) is -4.56. The summed E-state index contributed by atoms with van der Waals surface area (Å²) >= 11 is 11.2. The number of amides is 1. The van der Waals surface area contributed by atoms with Crippen molar-refractivity contribution in [3.63, 3.8) is 0 Å². The first kappa shape index (κ1) is 38.9. The molecular formula is C32H29ClF9NO4S. The molecule has 0 aromatic heterocycles. The first-order valence-corrected chi connectivity index (χ1v) is 14.9. The van der Waals surface area contributed by atoms with Crippen LogP contribution in [0, 0.1) is 0 Å². The molecule has 0 fully saturated rings. The van der Waals surface area contributed by atoms with Gasteiger partial charge in [-0.25, -0.2) is 0 Å². The van der Waals surface area contributed by atoms with Crippen molar-refractivity contribution in [1.29, 1.82) is 0 Å². The molecule has 5 nitrogen and oxygen atoms in total. The van der Waals surface area contributed by atoms with E-state index in [1.54, 1.807) is 0 Å². The van der Waals surface area contributed by atoms with E-state index in [0.29, 0.717) is 25.0 Å². The molecule has 0 saturated heterocycles. The largest absolute Gasteiger partial charge is 0.496 e. The summed E-state index contributed by atoms with van der Waals surface area (Å²) in [5, 5.41) is 1.66.